The first-order chi connectivity index (χ1) is 6.97. The van der Waals surface area contributed by atoms with E-state index in [-0.39, 0.29) is 17.5 Å². The van der Waals surface area contributed by atoms with Crippen molar-refractivity contribution in [2.45, 2.75) is 31.2 Å². The lowest BCUT2D eigenvalue weighted by Gasteiger charge is -2.11. The monoisotopic (exact) mass is 233 g/mol. The van der Waals surface area contributed by atoms with Gasteiger partial charge in [0.15, 0.2) is 0 Å². The number of hydrogen-bond donors (Lipinski definition) is 3. The minimum absolute atomic E-state index is 0.0476. The lowest BCUT2D eigenvalue weighted by atomic mass is 10.3. The molecule has 0 bridgehead atoms. The van der Waals surface area contributed by atoms with Crippen LogP contribution in [0.2, 0.25) is 0 Å². The first-order valence-corrected chi connectivity index (χ1v) is 6.09. The van der Waals surface area contributed by atoms with Crippen LogP contribution in [-0.4, -0.2) is 36.4 Å². The summed E-state index contributed by atoms with van der Waals surface area (Å²) in [5, 5.41) is 14.9. The first kappa shape index (κ1) is 12.2. The van der Waals surface area contributed by atoms with Crippen molar-refractivity contribution in [3.05, 3.63) is 11.9 Å². The molecule has 0 radical (unpaired) electrons. The highest BCUT2D eigenvalue weighted by atomic mass is 32.2. The number of H-pyrrole nitrogens is 1. The molecule has 86 valence electrons. The van der Waals surface area contributed by atoms with Gasteiger partial charge in [-0.3, -0.25) is 5.10 Å². The van der Waals surface area contributed by atoms with Crippen LogP contribution >= 0.6 is 0 Å². The van der Waals surface area contributed by atoms with E-state index < -0.39 is 10.0 Å². The van der Waals surface area contributed by atoms with Gasteiger partial charge < -0.3 is 5.11 Å². The van der Waals surface area contributed by atoms with Gasteiger partial charge >= 0.3 is 0 Å². The summed E-state index contributed by atoms with van der Waals surface area (Å²) in [4.78, 5) is 0.146. The Morgan fingerprint density at radius 2 is 2.33 bits per heavy atom. The maximum atomic E-state index is 11.7. The Morgan fingerprint density at radius 3 is 2.80 bits per heavy atom. The molecule has 0 aliphatic heterocycles. The van der Waals surface area contributed by atoms with Crippen LogP contribution in [0.5, 0.6) is 0 Å². The highest BCUT2D eigenvalue weighted by Gasteiger charge is 2.20. The Morgan fingerprint density at radius 1 is 1.67 bits per heavy atom. The van der Waals surface area contributed by atoms with E-state index in [1.807, 2.05) is 0 Å². The van der Waals surface area contributed by atoms with Crippen LogP contribution in [0.15, 0.2) is 11.1 Å². The van der Waals surface area contributed by atoms with Gasteiger partial charge in [0.1, 0.15) is 4.90 Å². The Hall–Kier alpha value is -0.920. The predicted octanol–water partition coefficient (Wildman–Crippen LogP) is -0.233. The molecular formula is C8H15N3O3S. The van der Waals surface area contributed by atoms with Crippen LogP contribution in [0.3, 0.4) is 0 Å². The molecule has 15 heavy (non-hydrogen) atoms. The quantitative estimate of drug-likeness (QED) is 0.654. The van der Waals surface area contributed by atoms with E-state index in [1.165, 1.54) is 6.20 Å². The number of aromatic nitrogens is 2. The zero-order valence-electron chi connectivity index (χ0n) is 8.69. The molecule has 0 spiro atoms. The van der Waals surface area contributed by atoms with Crippen LogP contribution < -0.4 is 4.72 Å². The number of aryl methyl sites for hydroxylation is 1. The standard InChI is InChI=1S/C8H15N3O3S/c1-6(3-4-12)11-15(13,14)8-5-9-10-7(8)2/h5-6,11-12H,3-4H2,1-2H3,(H,9,10). The molecule has 0 amide bonds. The van der Waals surface area contributed by atoms with E-state index in [9.17, 15) is 8.42 Å². The number of nitrogens with one attached hydrogen (secondary N) is 2. The molecule has 1 rings (SSSR count). The fraction of sp³-hybridized carbons (Fsp3) is 0.625. The van der Waals surface area contributed by atoms with Crippen molar-refractivity contribution in [1.29, 1.82) is 0 Å². The van der Waals surface area contributed by atoms with Crippen molar-refractivity contribution in [3.63, 3.8) is 0 Å². The predicted molar refractivity (Wildman–Crippen MR) is 54.8 cm³/mol. The van der Waals surface area contributed by atoms with Crippen LogP contribution in [0.4, 0.5) is 0 Å². The number of nitrogens with zero attached hydrogens (tertiary/aromatic N) is 1. The second kappa shape index (κ2) is 4.73. The van der Waals surface area contributed by atoms with Gasteiger partial charge in [-0.1, -0.05) is 0 Å². The second-order valence-corrected chi connectivity index (χ2v) is 5.08. The molecule has 1 aromatic rings. The van der Waals surface area contributed by atoms with Gasteiger partial charge in [0, 0.05) is 12.6 Å². The van der Waals surface area contributed by atoms with Crippen molar-refractivity contribution >= 4 is 10.0 Å². The smallest absolute Gasteiger partial charge is 0.244 e. The maximum absolute atomic E-state index is 11.7. The van der Waals surface area contributed by atoms with Crippen molar-refractivity contribution < 1.29 is 13.5 Å². The molecule has 0 aliphatic carbocycles. The SMILES string of the molecule is Cc1[nH]ncc1S(=O)(=O)NC(C)CCO. The Bertz CT molecular complexity index is 413. The van der Waals surface area contributed by atoms with Gasteiger partial charge in [0.2, 0.25) is 10.0 Å². The Kier molecular flexibility index (Phi) is 3.83. The summed E-state index contributed by atoms with van der Waals surface area (Å²) in [6.07, 6.45) is 1.65. The van der Waals surface area contributed by atoms with Gasteiger partial charge in [0.25, 0.3) is 0 Å². The first-order valence-electron chi connectivity index (χ1n) is 4.60. The molecule has 0 saturated carbocycles. The second-order valence-electron chi connectivity index (χ2n) is 3.39. The van der Waals surface area contributed by atoms with Crippen LogP contribution in [0.1, 0.15) is 19.0 Å². The molecule has 1 heterocycles. The molecule has 0 aliphatic rings. The van der Waals surface area contributed by atoms with Crippen LogP contribution in [0, 0.1) is 6.92 Å². The van der Waals surface area contributed by atoms with Crippen molar-refractivity contribution in [2.75, 3.05) is 6.61 Å². The van der Waals surface area contributed by atoms with E-state index >= 15 is 0 Å². The molecule has 0 saturated heterocycles. The van der Waals surface area contributed by atoms with Crippen LogP contribution in [-0.2, 0) is 10.0 Å². The van der Waals surface area contributed by atoms with E-state index in [1.54, 1.807) is 13.8 Å². The van der Waals surface area contributed by atoms with E-state index in [0.29, 0.717) is 12.1 Å². The summed E-state index contributed by atoms with van der Waals surface area (Å²) in [5.74, 6) is 0. The topological polar surface area (TPSA) is 95.1 Å². The lowest BCUT2D eigenvalue weighted by molar-refractivity contribution is 0.275. The molecule has 0 aromatic carbocycles. The zero-order valence-corrected chi connectivity index (χ0v) is 9.50. The van der Waals surface area contributed by atoms with Gasteiger partial charge in [-0.15, -0.1) is 0 Å². The summed E-state index contributed by atoms with van der Waals surface area (Å²) in [7, 11) is -3.52. The largest absolute Gasteiger partial charge is 0.396 e. The zero-order chi connectivity index (χ0) is 11.5. The molecule has 1 unspecified atom stereocenters. The van der Waals surface area contributed by atoms with Gasteiger partial charge in [0.05, 0.1) is 11.9 Å². The number of hydrogen-bond acceptors (Lipinski definition) is 4. The maximum Gasteiger partial charge on any atom is 0.244 e. The number of rotatable bonds is 5. The number of aliphatic hydroxyl groups excluding tert-OH is 1. The lowest BCUT2D eigenvalue weighted by Crippen LogP contribution is -2.33. The minimum Gasteiger partial charge on any atom is -0.396 e. The summed E-state index contributed by atoms with van der Waals surface area (Å²) in [6, 6.07) is -0.297. The fourth-order valence-corrected chi connectivity index (χ4v) is 2.61. The van der Waals surface area contributed by atoms with E-state index in [2.05, 4.69) is 14.9 Å². The fourth-order valence-electron chi connectivity index (χ4n) is 1.19. The molecule has 6 nitrogen and oxygen atoms in total. The average molecular weight is 233 g/mol. The van der Waals surface area contributed by atoms with Gasteiger partial charge in [-0.05, 0) is 20.3 Å². The van der Waals surface area contributed by atoms with Gasteiger partial charge in [-0.2, -0.15) is 5.10 Å². The van der Waals surface area contributed by atoms with Crippen LogP contribution in [0.25, 0.3) is 0 Å². The Balaban J connectivity index is 2.81. The molecule has 0 fully saturated rings. The summed E-state index contributed by atoms with van der Waals surface area (Å²) in [6.45, 7) is 3.29. The molecule has 1 aromatic heterocycles. The molecule has 1 atom stereocenters. The normalized spacial score (nSPS) is 14.1. The van der Waals surface area contributed by atoms with Crippen molar-refractivity contribution in [2.24, 2.45) is 0 Å². The molecule has 7 heteroatoms. The molecule has 3 N–H and O–H groups in total. The van der Waals surface area contributed by atoms with Crippen molar-refractivity contribution in [1.82, 2.24) is 14.9 Å². The number of sulfonamides is 1. The summed E-state index contributed by atoms with van der Waals surface area (Å²) < 4.78 is 25.9. The third-order valence-corrected chi connectivity index (χ3v) is 3.69. The third kappa shape index (κ3) is 3.01. The highest BCUT2D eigenvalue weighted by Crippen LogP contribution is 2.11. The van der Waals surface area contributed by atoms with E-state index in [0.717, 1.165) is 0 Å². The summed E-state index contributed by atoms with van der Waals surface area (Å²) in [5.41, 5.74) is 0.499. The number of aliphatic hydroxyl groups is 1. The molecular weight excluding hydrogens is 218 g/mol. The Labute approximate surface area is 88.8 Å². The minimum atomic E-state index is -3.52. The summed E-state index contributed by atoms with van der Waals surface area (Å²) >= 11 is 0. The third-order valence-electron chi connectivity index (χ3n) is 1.99. The highest BCUT2D eigenvalue weighted by molar-refractivity contribution is 7.89. The van der Waals surface area contributed by atoms with Crippen molar-refractivity contribution in [3.8, 4) is 0 Å². The van der Waals surface area contributed by atoms with Gasteiger partial charge in [-0.25, -0.2) is 13.1 Å². The van der Waals surface area contributed by atoms with E-state index in [4.69, 9.17) is 5.11 Å². The average Bonchev–Trinajstić information content (AvgIpc) is 2.51. The number of aromatic amines is 1.